The Morgan fingerprint density at radius 3 is 1.76 bits per heavy atom. The van der Waals surface area contributed by atoms with Gasteiger partial charge in [-0.2, -0.15) is 0 Å². The number of Topliss-reactive ketones (excluding diaryl/α,β-unsaturated/α-hetero) is 2. The van der Waals surface area contributed by atoms with E-state index in [4.69, 9.17) is 4.74 Å². The first-order valence-electron chi connectivity index (χ1n) is 15.5. The fraction of sp³-hybridized carbons (Fsp3) is 0.205. The van der Waals surface area contributed by atoms with Crippen LogP contribution in [0.25, 0.3) is 0 Å². The van der Waals surface area contributed by atoms with Gasteiger partial charge in [0.2, 0.25) is 0 Å². The fourth-order valence-electron chi connectivity index (χ4n) is 7.07. The Hall–Kier alpha value is -4.75. The molecular formula is C39H32BrNO5. The van der Waals surface area contributed by atoms with E-state index in [2.05, 4.69) is 45.5 Å². The number of ketones is 2. The normalized spacial score (nSPS) is 20.9. The zero-order chi connectivity index (χ0) is 31.8. The molecule has 0 saturated carbocycles. The Kier molecular flexibility index (Phi) is 8.18. The van der Waals surface area contributed by atoms with E-state index >= 15 is 0 Å². The quantitative estimate of drug-likeness (QED) is 0.205. The SMILES string of the molecule is O=C1CC(c2ccccc2)CC2=C1C(c1ccc(OCc3ccc(C(=O)O)cc3)c(Br)c1)C1=C(CC(c3ccccc3)CC1=O)N2. The van der Waals surface area contributed by atoms with Gasteiger partial charge in [0.25, 0.3) is 0 Å². The summed E-state index contributed by atoms with van der Waals surface area (Å²) in [5.41, 5.74) is 7.42. The van der Waals surface area contributed by atoms with Gasteiger partial charge in [0, 0.05) is 41.3 Å². The lowest BCUT2D eigenvalue weighted by molar-refractivity contribution is -0.117. The molecule has 0 bridgehead atoms. The number of carbonyl (C=O) groups is 3. The molecule has 4 aromatic rings. The summed E-state index contributed by atoms with van der Waals surface area (Å²) < 4.78 is 6.80. The Morgan fingerprint density at radius 1 is 0.717 bits per heavy atom. The van der Waals surface area contributed by atoms with E-state index in [1.54, 1.807) is 24.3 Å². The second kappa shape index (κ2) is 12.6. The molecule has 0 fully saturated rings. The average molecular weight is 675 g/mol. The van der Waals surface area contributed by atoms with E-state index < -0.39 is 11.9 Å². The predicted octanol–water partition coefficient (Wildman–Crippen LogP) is 8.21. The van der Waals surface area contributed by atoms with Gasteiger partial charge < -0.3 is 15.2 Å². The summed E-state index contributed by atoms with van der Waals surface area (Å²) in [5.74, 6) is -0.551. The van der Waals surface area contributed by atoms with Crippen LogP contribution in [-0.4, -0.2) is 22.6 Å². The molecular weight excluding hydrogens is 642 g/mol. The minimum absolute atomic E-state index is 0.0680. The van der Waals surface area contributed by atoms with E-state index in [-0.39, 0.29) is 35.6 Å². The van der Waals surface area contributed by atoms with Gasteiger partial charge in [-0.1, -0.05) is 78.9 Å². The molecule has 0 saturated heterocycles. The molecule has 1 heterocycles. The highest BCUT2D eigenvalue weighted by atomic mass is 79.9. The lowest BCUT2D eigenvalue weighted by Gasteiger charge is -2.40. The topological polar surface area (TPSA) is 92.7 Å². The summed E-state index contributed by atoms with van der Waals surface area (Å²) in [7, 11) is 0. The molecule has 0 radical (unpaired) electrons. The molecule has 7 rings (SSSR count). The van der Waals surface area contributed by atoms with Gasteiger partial charge in [0.1, 0.15) is 12.4 Å². The number of hydrogen-bond acceptors (Lipinski definition) is 5. The Balaban J connectivity index is 1.23. The molecule has 4 aromatic carbocycles. The minimum Gasteiger partial charge on any atom is -0.488 e. The van der Waals surface area contributed by atoms with Crippen molar-refractivity contribution >= 4 is 33.5 Å². The summed E-state index contributed by atoms with van der Waals surface area (Å²) in [6.07, 6.45) is 2.19. The molecule has 6 nitrogen and oxygen atoms in total. The van der Waals surface area contributed by atoms with Gasteiger partial charge in [-0.05, 0) is 87.1 Å². The number of carboxylic acids is 1. The van der Waals surface area contributed by atoms with Crippen molar-refractivity contribution in [3.63, 3.8) is 0 Å². The maximum Gasteiger partial charge on any atom is 0.335 e. The van der Waals surface area contributed by atoms with E-state index in [1.807, 2.05) is 54.6 Å². The molecule has 2 N–H and O–H groups in total. The fourth-order valence-corrected chi connectivity index (χ4v) is 7.58. The average Bonchev–Trinajstić information content (AvgIpc) is 3.07. The van der Waals surface area contributed by atoms with Gasteiger partial charge in [-0.15, -0.1) is 0 Å². The highest BCUT2D eigenvalue weighted by Crippen LogP contribution is 2.50. The largest absolute Gasteiger partial charge is 0.488 e. The van der Waals surface area contributed by atoms with Crippen molar-refractivity contribution in [2.45, 2.75) is 50.0 Å². The molecule has 0 aromatic heterocycles. The number of carboxylic acid groups (broad SMARTS) is 1. The van der Waals surface area contributed by atoms with Crippen LogP contribution >= 0.6 is 15.9 Å². The Bertz CT molecular complexity index is 1810. The lowest BCUT2D eigenvalue weighted by Crippen LogP contribution is -2.38. The number of hydrogen-bond donors (Lipinski definition) is 2. The summed E-state index contributed by atoms with van der Waals surface area (Å²) in [4.78, 5) is 39.3. The molecule has 2 aliphatic carbocycles. The van der Waals surface area contributed by atoms with Crippen LogP contribution in [0.2, 0.25) is 0 Å². The number of aromatic carboxylic acids is 1. The molecule has 2 unspecified atom stereocenters. The van der Waals surface area contributed by atoms with Crippen LogP contribution in [0.3, 0.4) is 0 Å². The summed E-state index contributed by atoms with van der Waals surface area (Å²) in [6.45, 7) is 0.258. The van der Waals surface area contributed by atoms with E-state index in [1.165, 1.54) is 0 Å². The molecule has 0 spiro atoms. The van der Waals surface area contributed by atoms with Crippen molar-refractivity contribution in [1.29, 1.82) is 0 Å². The van der Waals surface area contributed by atoms with Crippen LogP contribution in [0.1, 0.15) is 76.0 Å². The van der Waals surface area contributed by atoms with Crippen LogP contribution in [-0.2, 0) is 16.2 Å². The molecule has 7 heteroatoms. The first-order chi connectivity index (χ1) is 22.4. The van der Waals surface area contributed by atoms with Crippen molar-refractivity contribution < 1.29 is 24.2 Å². The number of allylic oxidation sites excluding steroid dienone is 4. The maximum absolute atomic E-state index is 14.0. The van der Waals surface area contributed by atoms with Crippen molar-refractivity contribution in [2.24, 2.45) is 0 Å². The third kappa shape index (κ3) is 5.83. The number of nitrogens with one attached hydrogen (secondary N) is 1. The maximum atomic E-state index is 14.0. The number of halogens is 1. The van der Waals surface area contributed by atoms with Crippen LogP contribution in [0.5, 0.6) is 5.75 Å². The zero-order valence-corrected chi connectivity index (χ0v) is 26.6. The van der Waals surface area contributed by atoms with E-state index in [0.717, 1.165) is 33.6 Å². The summed E-state index contributed by atoms with van der Waals surface area (Å²) in [6, 6.07) is 32.7. The second-order valence-corrected chi connectivity index (χ2v) is 13.1. The molecule has 3 aliphatic rings. The number of benzene rings is 4. The highest BCUT2D eigenvalue weighted by Gasteiger charge is 2.44. The minimum atomic E-state index is -0.973. The predicted molar refractivity (Wildman–Crippen MR) is 179 cm³/mol. The van der Waals surface area contributed by atoms with Crippen LogP contribution in [0.15, 0.2) is 130 Å². The third-order valence-electron chi connectivity index (χ3n) is 9.32. The first kappa shape index (κ1) is 29.9. The number of ether oxygens (including phenoxy) is 1. The molecule has 1 aliphatic heterocycles. The number of carbonyl (C=O) groups excluding carboxylic acids is 2. The standard InChI is InChI=1S/C39H32BrNO5/c40-30-17-27(15-16-35(30)46-22-23-11-13-26(14-12-23)39(44)45)36-37-31(18-28(20-33(37)42)24-7-3-1-4-8-24)41-32-19-29(21-34(43)38(32)36)25-9-5-2-6-10-25/h1-17,28-29,36,41H,18-22H2,(H,44,45). The summed E-state index contributed by atoms with van der Waals surface area (Å²) >= 11 is 3.68. The van der Waals surface area contributed by atoms with Gasteiger partial charge in [-0.3, -0.25) is 9.59 Å². The van der Waals surface area contributed by atoms with Crippen LogP contribution < -0.4 is 10.1 Å². The van der Waals surface area contributed by atoms with Crippen molar-refractivity contribution in [3.8, 4) is 5.75 Å². The van der Waals surface area contributed by atoms with Gasteiger partial charge in [0.15, 0.2) is 11.6 Å². The monoisotopic (exact) mass is 673 g/mol. The molecule has 0 amide bonds. The first-order valence-corrected chi connectivity index (χ1v) is 16.3. The van der Waals surface area contributed by atoms with Gasteiger partial charge >= 0.3 is 5.97 Å². The van der Waals surface area contributed by atoms with E-state index in [9.17, 15) is 19.5 Å². The van der Waals surface area contributed by atoms with E-state index in [0.29, 0.717) is 47.1 Å². The van der Waals surface area contributed by atoms with Crippen LogP contribution in [0.4, 0.5) is 0 Å². The number of dihydropyridines is 1. The molecule has 2 atom stereocenters. The van der Waals surface area contributed by atoms with Gasteiger partial charge in [0.05, 0.1) is 10.0 Å². The molecule has 46 heavy (non-hydrogen) atoms. The Morgan fingerprint density at radius 2 is 1.26 bits per heavy atom. The number of rotatable bonds is 7. The smallest absolute Gasteiger partial charge is 0.335 e. The highest BCUT2D eigenvalue weighted by molar-refractivity contribution is 9.10. The third-order valence-corrected chi connectivity index (χ3v) is 9.94. The van der Waals surface area contributed by atoms with Crippen LogP contribution in [0, 0.1) is 0 Å². The Labute approximate surface area is 275 Å². The van der Waals surface area contributed by atoms with Crippen molar-refractivity contribution in [3.05, 3.63) is 158 Å². The van der Waals surface area contributed by atoms with Gasteiger partial charge in [-0.25, -0.2) is 4.79 Å². The van der Waals surface area contributed by atoms with Crippen molar-refractivity contribution in [1.82, 2.24) is 5.32 Å². The summed E-state index contributed by atoms with van der Waals surface area (Å²) in [5, 5.41) is 12.8. The second-order valence-electron chi connectivity index (χ2n) is 12.2. The zero-order valence-electron chi connectivity index (χ0n) is 25.0. The lowest BCUT2D eigenvalue weighted by atomic mass is 9.67. The van der Waals surface area contributed by atoms with Crippen molar-refractivity contribution in [2.75, 3.05) is 0 Å². The molecule has 230 valence electrons.